The average molecular weight is 378 g/mol. The van der Waals surface area contributed by atoms with E-state index in [0.29, 0.717) is 32.7 Å². The van der Waals surface area contributed by atoms with Crippen LogP contribution in [0.25, 0.3) is 0 Å². The number of carbonyl (C=O) groups excluding carboxylic acids is 1. The predicted octanol–water partition coefficient (Wildman–Crippen LogP) is 3.20. The van der Waals surface area contributed by atoms with E-state index in [9.17, 15) is 23.1 Å². The summed E-state index contributed by atoms with van der Waals surface area (Å²) in [7, 11) is 0. The molecule has 2 aromatic carbocycles. The van der Waals surface area contributed by atoms with Gasteiger partial charge in [-0.05, 0) is 17.7 Å². The van der Waals surface area contributed by atoms with E-state index in [0.717, 1.165) is 11.6 Å². The van der Waals surface area contributed by atoms with Gasteiger partial charge in [0.1, 0.15) is 0 Å². The highest BCUT2D eigenvalue weighted by atomic mass is 19.4. The van der Waals surface area contributed by atoms with Gasteiger partial charge in [0.25, 0.3) is 5.91 Å². The number of amides is 1. The molecule has 1 aliphatic heterocycles. The molecule has 0 spiro atoms. The molecule has 1 amide bonds. The molecule has 0 unspecified atom stereocenters. The van der Waals surface area contributed by atoms with Gasteiger partial charge >= 0.3 is 6.18 Å². The van der Waals surface area contributed by atoms with Crippen molar-refractivity contribution in [3.63, 3.8) is 0 Å². The smallest absolute Gasteiger partial charge is 0.387 e. The maximum atomic E-state index is 13.1. The summed E-state index contributed by atoms with van der Waals surface area (Å²) < 4.78 is 39.4. The van der Waals surface area contributed by atoms with Crippen molar-refractivity contribution in [1.29, 1.82) is 0 Å². The van der Waals surface area contributed by atoms with E-state index in [1.165, 1.54) is 23.1 Å². The van der Waals surface area contributed by atoms with Crippen molar-refractivity contribution in [3.05, 3.63) is 71.3 Å². The maximum Gasteiger partial charge on any atom is 0.417 e. The monoisotopic (exact) mass is 378 g/mol. The molecule has 0 aliphatic carbocycles. The van der Waals surface area contributed by atoms with Crippen LogP contribution in [0.1, 0.15) is 27.6 Å². The number of hydrogen-bond acceptors (Lipinski definition) is 3. The number of benzene rings is 2. The van der Waals surface area contributed by atoms with Crippen molar-refractivity contribution in [2.24, 2.45) is 0 Å². The fourth-order valence-corrected chi connectivity index (χ4v) is 3.25. The van der Waals surface area contributed by atoms with E-state index < -0.39 is 23.8 Å². The third-order valence-corrected chi connectivity index (χ3v) is 4.74. The molecule has 4 nitrogen and oxygen atoms in total. The highest BCUT2D eigenvalue weighted by Crippen LogP contribution is 2.32. The minimum absolute atomic E-state index is 0.317. The zero-order valence-corrected chi connectivity index (χ0v) is 14.7. The Bertz CT molecular complexity index is 772. The molecule has 1 fully saturated rings. The number of alkyl halides is 3. The fraction of sp³-hybridized carbons (Fsp3) is 0.350. The summed E-state index contributed by atoms with van der Waals surface area (Å²) in [5.74, 6) is -0.605. The van der Waals surface area contributed by atoms with E-state index in [1.54, 1.807) is 0 Å². The van der Waals surface area contributed by atoms with Gasteiger partial charge in [-0.1, -0.05) is 42.5 Å². The number of aliphatic hydroxyl groups is 1. The van der Waals surface area contributed by atoms with Gasteiger partial charge in [-0.3, -0.25) is 9.69 Å². The van der Waals surface area contributed by atoms with Crippen molar-refractivity contribution in [3.8, 4) is 0 Å². The molecule has 1 heterocycles. The number of piperazine rings is 1. The number of rotatable bonds is 4. The number of aliphatic hydroxyl groups excluding tert-OH is 1. The van der Waals surface area contributed by atoms with Gasteiger partial charge in [0.2, 0.25) is 0 Å². The van der Waals surface area contributed by atoms with Crippen molar-refractivity contribution in [2.45, 2.75) is 12.3 Å². The predicted molar refractivity (Wildman–Crippen MR) is 95.2 cm³/mol. The molecule has 1 saturated heterocycles. The maximum absolute atomic E-state index is 13.1. The molecule has 0 radical (unpaired) electrons. The Balaban J connectivity index is 1.60. The van der Waals surface area contributed by atoms with E-state index in [-0.39, 0.29) is 5.56 Å². The molecule has 3 rings (SSSR count). The Labute approximate surface area is 155 Å². The van der Waals surface area contributed by atoms with E-state index in [1.807, 2.05) is 35.2 Å². The fourth-order valence-electron chi connectivity index (χ4n) is 3.25. The number of β-amino-alcohol motifs (C(OH)–C–C–N with tert-alkyl or cyclic N) is 1. The van der Waals surface area contributed by atoms with Gasteiger partial charge in [-0.2, -0.15) is 13.2 Å². The minimum Gasteiger partial charge on any atom is -0.387 e. The van der Waals surface area contributed by atoms with E-state index >= 15 is 0 Å². The van der Waals surface area contributed by atoms with Crippen LogP contribution in [0.2, 0.25) is 0 Å². The van der Waals surface area contributed by atoms with Crippen LogP contribution in [0.15, 0.2) is 54.6 Å². The topological polar surface area (TPSA) is 43.8 Å². The van der Waals surface area contributed by atoms with Crippen molar-refractivity contribution in [2.75, 3.05) is 32.7 Å². The molecule has 7 heteroatoms. The first kappa shape index (κ1) is 19.4. The second-order valence-corrected chi connectivity index (χ2v) is 6.56. The number of hydrogen-bond donors (Lipinski definition) is 1. The van der Waals surface area contributed by atoms with Crippen molar-refractivity contribution in [1.82, 2.24) is 9.80 Å². The molecule has 0 saturated carbocycles. The summed E-state index contributed by atoms with van der Waals surface area (Å²) in [5.41, 5.74) is -0.408. The molecule has 0 bridgehead atoms. The normalized spacial score (nSPS) is 17.0. The Kier molecular flexibility index (Phi) is 5.82. The summed E-state index contributed by atoms with van der Waals surface area (Å²) in [6, 6.07) is 14.1. The minimum atomic E-state index is -4.56. The third-order valence-electron chi connectivity index (χ3n) is 4.74. The van der Waals surface area contributed by atoms with E-state index in [4.69, 9.17) is 0 Å². The highest BCUT2D eigenvalue weighted by Gasteiger charge is 2.36. The molecule has 144 valence electrons. The lowest BCUT2D eigenvalue weighted by Gasteiger charge is -2.36. The van der Waals surface area contributed by atoms with Crippen LogP contribution in [0, 0.1) is 0 Å². The summed E-state index contributed by atoms with van der Waals surface area (Å²) in [5, 5.41) is 10.3. The SMILES string of the molecule is O=C(c1ccccc1C(F)(F)F)N1CCN(C[C@@H](O)c2ccccc2)CC1. The third kappa shape index (κ3) is 4.67. The van der Waals surface area contributed by atoms with Gasteiger partial charge in [-0.25, -0.2) is 0 Å². The Hall–Kier alpha value is -2.38. The molecule has 0 aromatic heterocycles. The Morgan fingerprint density at radius 3 is 2.19 bits per heavy atom. The number of halogens is 3. The summed E-state index contributed by atoms with van der Waals surface area (Å²) in [6.45, 7) is 2.08. The second-order valence-electron chi connectivity index (χ2n) is 6.56. The van der Waals surface area contributed by atoms with Gasteiger partial charge in [0, 0.05) is 32.7 Å². The lowest BCUT2D eigenvalue weighted by Crippen LogP contribution is -2.49. The molecule has 1 atom stereocenters. The van der Waals surface area contributed by atoms with Gasteiger partial charge in [0.05, 0.1) is 17.2 Å². The van der Waals surface area contributed by atoms with Crippen LogP contribution in [0.4, 0.5) is 13.2 Å². The van der Waals surface area contributed by atoms with Crippen LogP contribution in [0.5, 0.6) is 0 Å². The zero-order chi connectivity index (χ0) is 19.4. The average Bonchev–Trinajstić information content (AvgIpc) is 2.68. The number of carbonyl (C=O) groups is 1. The Morgan fingerprint density at radius 2 is 1.56 bits per heavy atom. The summed E-state index contributed by atoms with van der Waals surface area (Å²) >= 11 is 0. The van der Waals surface area contributed by atoms with Crippen LogP contribution >= 0.6 is 0 Å². The lowest BCUT2D eigenvalue weighted by atomic mass is 10.1. The molecular formula is C20H21F3N2O2. The van der Waals surface area contributed by atoms with Crippen molar-refractivity contribution < 1.29 is 23.1 Å². The van der Waals surface area contributed by atoms with E-state index in [2.05, 4.69) is 0 Å². The van der Waals surface area contributed by atoms with Crippen LogP contribution in [-0.4, -0.2) is 53.5 Å². The molecule has 27 heavy (non-hydrogen) atoms. The van der Waals surface area contributed by atoms with Crippen molar-refractivity contribution >= 4 is 5.91 Å². The molecule has 2 aromatic rings. The zero-order valence-electron chi connectivity index (χ0n) is 14.7. The summed E-state index contributed by atoms with van der Waals surface area (Å²) in [4.78, 5) is 16.0. The molecule has 1 N–H and O–H groups in total. The quantitative estimate of drug-likeness (QED) is 0.889. The highest BCUT2D eigenvalue weighted by molar-refractivity contribution is 5.96. The first-order chi connectivity index (χ1) is 12.9. The first-order valence-corrected chi connectivity index (χ1v) is 8.77. The largest absolute Gasteiger partial charge is 0.417 e. The Morgan fingerprint density at radius 1 is 0.963 bits per heavy atom. The van der Waals surface area contributed by atoms with Gasteiger partial charge in [0.15, 0.2) is 0 Å². The standard InChI is InChI=1S/C20H21F3N2O2/c21-20(22,23)17-9-5-4-8-16(17)19(27)25-12-10-24(11-13-25)14-18(26)15-6-2-1-3-7-15/h1-9,18,26H,10-14H2/t18-/m1/s1. The lowest BCUT2D eigenvalue weighted by molar-refractivity contribution is -0.138. The van der Waals surface area contributed by atoms with Gasteiger partial charge in [-0.15, -0.1) is 0 Å². The van der Waals surface area contributed by atoms with Gasteiger partial charge < -0.3 is 10.0 Å². The number of nitrogens with zero attached hydrogens (tertiary/aromatic N) is 2. The first-order valence-electron chi connectivity index (χ1n) is 8.77. The molecule has 1 aliphatic rings. The van der Waals surface area contributed by atoms with Crippen LogP contribution in [-0.2, 0) is 6.18 Å². The van der Waals surface area contributed by atoms with Crippen LogP contribution in [0.3, 0.4) is 0 Å². The summed E-state index contributed by atoms with van der Waals surface area (Å²) in [6.07, 6.45) is -5.20. The second kappa shape index (κ2) is 8.10. The van der Waals surface area contributed by atoms with Crippen LogP contribution < -0.4 is 0 Å². The molecular weight excluding hydrogens is 357 g/mol.